The summed E-state index contributed by atoms with van der Waals surface area (Å²) >= 11 is 0. The van der Waals surface area contributed by atoms with Crippen LogP contribution in [0.15, 0.2) is 71.6 Å². The summed E-state index contributed by atoms with van der Waals surface area (Å²) in [5.41, 5.74) is 7.85. The molecule has 15 heteroatoms. The van der Waals surface area contributed by atoms with Crippen LogP contribution in [-0.4, -0.2) is 58.3 Å². The van der Waals surface area contributed by atoms with Crippen molar-refractivity contribution in [1.82, 2.24) is 0 Å². The Labute approximate surface area is 268 Å². The molecule has 0 saturated carbocycles. The van der Waals surface area contributed by atoms with Crippen LogP contribution in [0.4, 0.5) is 27.6 Å². The summed E-state index contributed by atoms with van der Waals surface area (Å²) in [5, 5.41) is 9.67. The highest BCUT2D eigenvalue weighted by Crippen LogP contribution is 2.36. The molecule has 0 aromatic heterocycles. The predicted molar refractivity (Wildman–Crippen MR) is 161 cm³/mol. The van der Waals surface area contributed by atoms with Crippen LogP contribution in [0.5, 0.6) is 5.75 Å². The fourth-order valence-electron chi connectivity index (χ4n) is 5.47. The molecule has 2 N–H and O–H groups in total. The number of hydrogen-bond acceptors (Lipinski definition) is 8. The van der Waals surface area contributed by atoms with Crippen molar-refractivity contribution in [3.8, 4) is 11.8 Å². The number of rotatable bonds is 14. The fourth-order valence-corrected chi connectivity index (χ4v) is 6.35. The number of nitriles is 1. The summed E-state index contributed by atoms with van der Waals surface area (Å²) in [6.07, 6.45) is -5.13. The number of primary amides is 1. The Morgan fingerprint density at radius 2 is 1.77 bits per heavy atom. The van der Waals surface area contributed by atoms with Gasteiger partial charge in [-0.3, -0.25) is 4.79 Å². The van der Waals surface area contributed by atoms with Crippen LogP contribution in [0, 0.1) is 11.3 Å². The summed E-state index contributed by atoms with van der Waals surface area (Å²) in [6, 6.07) is 17.4. The van der Waals surface area contributed by atoms with Gasteiger partial charge in [-0.2, -0.15) is 14.0 Å². The lowest BCUT2D eigenvalue weighted by Gasteiger charge is -2.28. The number of nitrogens with zero attached hydrogens (tertiary/aromatic N) is 2. The Bertz CT molecular complexity index is 1680. The molecule has 252 valence electrons. The van der Waals surface area contributed by atoms with Crippen molar-refractivity contribution in [2.45, 2.75) is 62.3 Å². The van der Waals surface area contributed by atoms with Gasteiger partial charge < -0.3 is 24.8 Å². The summed E-state index contributed by atoms with van der Waals surface area (Å²) in [5.74, 6) is -1.92. The lowest BCUT2D eigenvalue weighted by molar-refractivity contribution is -0.274. The third-order valence-corrected chi connectivity index (χ3v) is 9.51. The first-order chi connectivity index (χ1) is 22.2. The molecule has 47 heavy (non-hydrogen) atoms. The SMILES string of the molecule is CCS(=O)(=O)c1ccc([C@H](CC#N)c2cc(N3C[C@@H](OCc4ccc(OC(F)(F)F)cc4)C[C@H]3COC(F)F)ccc2C(N)=O)cc1. The lowest BCUT2D eigenvalue weighted by atomic mass is 9.85. The van der Waals surface area contributed by atoms with E-state index in [2.05, 4.69) is 15.5 Å². The van der Waals surface area contributed by atoms with E-state index in [0.717, 1.165) is 12.1 Å². The number of nitrogens with two attached hydrogens (primary N) is 1. The first-order valence-electron chi connectivity index (χ1n) is 14.5. The summed E-state index contributed by atoms with van der Waals surface area (Å²) < 4.78 is 103. The first kappa shape index (κ1) is 35.6. The molecule has 0 spiro atoms. The molecule has 0 radical (unpaired) electrons. The van der Waals surface area contributed by atoms with E-state index in [1.165, 1.54) is 37.3 Å². The van der Waals surface area contributed by atoms with Gasteiger partial charge in [0.2, 0.25) is 5.91 Å². The molecular formula is C32H32F5N3O6S. The molecule has 0 unspecified atom stereocenters. The van der Waals surface area contributed by atoms with Gasteiger partial charge >= 0.3 is 13.0 Å². The summed E-state index contributed by atoms with van der Waals surface area (Å²) in [6.45, 7) is -1.62. The van der Waals surface area contributed by atoms with Gasteiger partial charge in [0.1, 0.15) is 5.75 Å². The van der Waals surface area contributed by atoms with E-state index >= 15 is 0 Å². The maximum atomic E-state index is 13.1. The third-order valence-electron chi connectivity index (χ3n) is 7.76. The number of amides is 1. The van der Waals surface area contributed by atoms with Crippen molar-refractivity contribution < 1.29 is 49.4 Å². The minimum absolute atomic E-state index is 0.0209. The zero-order chi connectivity index (χ0) is 34.4. The average molecular weight is 682 g/mol. The van der Waals surface area contributed by atoms with E-state index in [0.29, 0.717) is 22.4 Å². The zero-order valence-corrected chi connectivity index (χ0v) is 25.9. The molecule has 9 nitrogen and oxygen atoms in total. The molecular weight excluding hydrogens is 649 g/mol. The van der Waals surface area contributed by atoms with E-state index in [1.807, 2.05) is 0 Å². The van der Waals surface area contributed by atoms with Crippen LogP contribution in [0.2, 0.25) is 0 Å². The molecule has 3 atom stereocenters. The van der Waals surface area contributed by atoms with Crippen molar-refractivity contribution in [2.24, 2.45) is 5.73 Å². The number of halogens is 5. The molecule has 1 heterocycles. The second kappa shape index (κ2) is 15.1. The minimum Gasteiger partial charge on any atom is -0.406 e. The Hall–Kier alpha value is -4.26. The number of anilines is 1. The summed E-state index contributed by atoms with van der Waals surface area (Å²) in [4.78, 5) is 14.4. The van der Waals surface area contributed by atoms with E-state index in [1.54, 1.807) is 29.2 Å². The summed E-state index contributed by atoms with van der Waals surface area (Å²) in [7, 11) is -3.48. The zero-order valence-electron chi connectivity index (χ0n) is 25.1. The molecule has 1 saturated heterocycles. The highest BCUT2D eigenvalue weighted by Gasteiger charge is 2.35. The van der Waals surface area contributed by atoms with Crippen LogP contribution in [0.3, 0.4) is 0 Å². The Balaban J connectivity index is 1.61. The van der Waals surface area contributed by atoms with Gasteiger partial charge in [0.25, 0.3) is 0 Å². The number of alkyl halides is 5. The minimum atomic E-state index is -4.83. The highest BCUT2D eigenvalue weighted by molar-refractivity contribution is 7.91. The maximum Gasteiger partial charge on any atom is 0.573 e. The Morgan fingerprint density at radius 3 is 2.34 bits per heavy atom. The Morgan fingerprint density at radius 1 is 1.09 bits per heavy atom. The monoisotopic (exact) mass is 681 g/mol. The van der Waals surface area contributed by atoms with Crippen molar-refractivity contribution in [3.05, 3.63) is 89.0 Å². The van der Waals surface area contributed by atoms with E-state index in [-0.39, 0.29) is 54.6 Å². The standard InChI is InChI=1S/C32H32F5N3O6S/c1-2-47(42,43)26-10-5-21(6-11-26)27(13-14-38)29-16-22(7-12-28(29)30(39)41)40-17-25(15-23(40)19-45-31(33)34)44-18-20-3-8-24(9-4-20)46-32(35,36)37/h3-12,16,23,25,27,31H,2,13,15,17-19H2,1H3,(H2,39,41)/t23-,25-,27-/m0/s1. The third kappa shape index (κ3) is 9.40. The van der Waals surface area contributed by atoms with E-state index in [9.17, 15) is 40.4 Å². The van der Waals surface area contributed by atoms with Crippen LogP contribution in [-0.2, 0) is 25.9 Å². The molecule has 3 aromatic carbocycles. The van der Waals surface area contributed by atoms with Gasteiger partial charge in [0.15, 0.2) is 9.84 Å². The van der Waals surface area contributed by atoms with Crippen LogP contribution >= 0.6 is 0 Å². The number of hydrogen-bond donors (Lipinski definition) is 1. The second-order valence-electron chi connectivity index (χ2n) is 10.8. The van der Waals surface area contributed by atoms with Crippen LogP contribution < -0.4 is 15.4 Å². The lowest BCUT2D eigenvalue weighted by Crippen LogP contribution is -2.34. The fraction of sp³-hybridized carbons (Fsp3) is 0.375. The molecule has 1 fully saturated rings. The van der Waals surface area contributed by atoms with Gasteiger partial charge in [-0.1, -0.05) is 31.2 Å². The quantitative estimate of drug-likeness (QED) is 0.207. The number of carbonyl (C=O) groups is 1. The Kier molecular flexibility index (Phi) is 11.4. The van der Waals surface area contributed by atoms with Gasteiger partial charge in [0, 0.05) is 30.1 Å². The molecule has 4 rings (SSSR count). The van der Waals surface area contributed by atoms with Gasteiger partial charge in [-0.15, -0.1) is 13.2 Å². The van der Waals surface area contributed by atoms with E-state index < -0.39 is 46.8 Å². The highest BCUT2D eigenvalue weighted by atomic mass is 32.2. The number of benzene rings is 3. The van der Waals surface area contributed by atoms with Crippen molar-refractivity contribution >= 4 is 21.4 Å². The van der Waals surface area contributed by atoms with E-state index in [4.69, 9.17) is 10.5 Å². The van der Waals surface area contributed by atoms with Crippen molar-refractivity contribution in [1.29, 1.82) is 5.26 Å². The predicted octanol–water partition coefficient (Wildman–Crippen LogP) is 5.93. The molecule has 1 aliphatic rings. The molecule has 1 amide bonds. The largest absolute Gasteiger partial charge is 0.573 e. The van der Waals surface area contributed by atoms with Crippen molar-refractivity contribution in [2.75, 3.05) is 23.8 Å². The normalized spacial score (nSPS) is 17.4. The molecule has 0 aliphatic carbocycles. The second-order valence-corrected chi connectivity index (χ2v) is 13.1. The smallest absolute Gasteiger partial charge is 0.406 e. The van der Waals surface area contributed by atoms with Crippen molar-refractivity contribution in [3.63, 3.8) is 0 Å². The average Bonchev–Trinajstić information content (AvgIpc) is 3.44. The molecule has 0 bridgehead atoms. The molecule has 3 aromatic rings. The number of carbonyl (C=O) groups excluding carboxylic acids is 1. The van der Waals surface area contributed by atoms with Gasteiger partial charge in [0.05, 0.1) is 42.1 Å². The van der Waals surface area contributed by atoms with Gasteiger partial charge in [-0.05, 0) is 65.6 Å². The molecule has 1 aliphatic heterocycles. The number of sulfone groups is 1. The van der Waals surface area contributed by atoms with Crippen LogP contribution in [0.25, 0.3) is 0 Å². The van der Waals surface area contributed by atoms with Crippen LogP contribution in [0.1, 0.15) is 52.7 Å². The van der Waals surface area contributed by atoms with Gasteiger partial charge in [-0.25, -0.2) is 8.42 Å². The maximum absolute atomic E-state index is 13.1. The number of ether oxygens (including phenoxy) is 3. The topological polar surface area (TPSA) is 132 Å². The first-order valence-corrected chi connectivity index (χ1v) is 16.1.